The summed E-state index contributed by atoms with van der Waals surface area (Å²) < 4.78 is 0. The lowest BCUT2D eigenvalue weighted by molar-refractivity contribution is 0.155. The lowest BCUT2D eigenvalue weighted by Gasteiger charge is -2.13. The lowest BCUT2D eigenvalue weighted by atomic mass is 10.3. The van der Waals surface area contributed by atoms with Crippen LogP contribution in [0.4, 0.5) is 10.7 Å². The summed E-state index contributed by atoms with van der Waals surface area (Å²) in [6.45, 7) is 0.946. The van der Waals surface area contributed by atoms with E-state index in [1.807, 2.05) is 6.07 Å². The zero-order valence-electron chi connectivity index (χ0n) is 9.00. The van der Waals surface area contributed by atoms with Crippen LogP contribution in [0.3, 0.4) is 0 Å². The first-order chi connectivity index (χ1) is 8.19. The number of nitriles is 1. The smallest absolute Gasteiger partial charge is 0.407 e. The molecule has 1 atom stereocenters. The fraction of sp³-hybridized carbons (Fsp3) is 0.400. The third-order valence-corrected chi connectivity index (χ3v) is 2.57. The first-order valence-electron chi connectivity index (χ1n) is 5.15. The van der Waals surface area contributed by atoms with Gasteiger partial charge >= 0.3 is 6.09 Å². The second-order valence-corrected chi connectivity index (χ2v) is 3.77. The second-order valence-electron chi connectivity index (χ2n) is 3.77. The molecule has 17 heavy (non-hydrogen) atoms. The minimum atomic E-state index is -0.907. The van der Waals surface area contributed by atoms with E-state index in [9.17, 15) is 4.79 Å². The van der Waals surface area contributed by atoms with Gasteiger partial charge in [-0.2, -0.15) is 5.26 Å². The first kappa shape index (κ1) is 11.1. The van der Waals surface area contributed by atoms with E-state index in [2.05, 4.69) is 15.3 Å². The summed E-state index contributed by atoms with van der Waals surface area (Å²) in [4.78, 5) is 20.0. The Morgan fingerprint density at radius 2 is 2.29 bits per heavy atom. The third-order valence-electron chi connectivity index (χ3n) is 2.57. The Labute approximate surface area is 97.7 Å². The average Bonchev–Trinajstić information content (AvgIpc) is 2.79. The Balaban J connectivity index is 1.94. The Morgan fingerprint density at radius 3 is 2.82 bits per heavy atom. The molecule has 1 aromatic rings. The van der Waals surface area contributed by atoms with E-state index in [1.165, 1.54) is 17.3 Å². The summed E-state index contributed by atoms with van der Waals surface area (Å²) >= 11 is 0. The highest BCUT2D eigenvalue weighted by Crippen LogP contribution is 2.13. The van der Waals surface area contributed by atoms with Gasteiger partial charge in [0.2, 0.25) is 5.95 Å². The van der Waals surface area contributed by atoms with Crippen molar-refractivity contribution < 1.29 is 9.90 Å². The highest BCUT2D eigenvalue weighted by molar-refractivity contribution is 5.65. The van der Waals surface area contributed by atoms with Crippen LogP contribution in [0.15, 0.2) is 12.4 Å². The molecule has 7 heteroatoms. The quantitative estimate of drug-likeness (QED) is 0.771. The SMILES string of the molecule is N#Cc1cnc(NC2CCN(C(=O)O)C2)nc1. The highest BCUT2D eigenvalue weighted by atomic mass is 16.4. The lowest BCUT2D eigenvalue weighted by Crippen LogP contribution is -2.30. The molecule has 0 spiro atoms. The fourth-order valence-corrected chi connectivity index (χ4v) is 1.69. The zero-order valence-corrected chi connectivity index (χ0v) is 9.00. The molecule has 1 saturated heterocycles. The Hall–Kier alpha value is -2.36. The molecule has 0 saturated carbocycles. The Kier molecular flexibility index (Phi) is 3.05. The number of nitrogens with one attached hydrogen (secondary N) is 1. The fourth-order valence-electron chi connectivity index (χ4n) is 1.69. The van der Waals surface area contributed by atoms with Crippen molar-refractivity contribution in [1.82, 2.24) is 14.9 Å². The van der Waals surface area contributed by atoms with Crippen LogP contribution in [0.1, 0.15) is 12.0 Å². The number of carboxylic acid groups (broad SMARTS) is 1. The van der Waals surface area contributed by atoms with Crippen LogP contribution in [0, 0.1) is 11.3 Å². The van der Waals surface area contributed by atoms with Gasteiger partial charge in [0.1, 0.15) is 6.07 Å². The predicted octanol–water partition coefficient (Wildman–Crippen LogP) is 0.512. The Bertz CT molecular complexity index is 453. The van der Waals surface area contributed by atoms with Gasteiger partial charge in [0.25, 0.3) is 0 Å². The average molecular weight is 233 g/mol. The third kappa shape index (κ3) is 2.60. The van der Waals surface area contributed by atoms with Gasteiger partial charge in [-0.25, -0.2) is 14.8 Å². The van der Waals surface area contributed by atoms with Crippen LogP contribution in [0.5, 0.6) is 0 Å². The van der Waals surface area contributed by atoms with E-state index in [4.69, 9.17) is 10.4 Å². The maximum absolute atomic E-state index is 10.7. The van der Waals surface area contributed by atoms with Gasteiger partial charge in [-0.15, -0.1) is 0 Å². The van der Waals surface area contributed by atoms with Crippen LogP contribution in [-0.2, 0) is 0 Å². The number of hydrogen-bond donors (Lipinski definition) is 2. The first-order valence-corrected chi connectivity index (χ1v) is 5.15. The van der Waals surface area contributed by atoms with E-state index in [0.29, 0.717) is 24.6 Å². The van der Waals surface area contributed by atoms with Crippen molar-refractivity contribution in [2.75, 3.05) is 18.4 Å². The number of likely N-dealkylation sites (tertiary alicyclic amines) is 1. The summed E-state index contributed by atoms with van der Waals surface area (Å²) in [6.07, 6.45) is 2.68. The number of aromatic nitrogens is 2. The van der Waals surface area contributed by atoms with E-state index < -0.39 is 6.09 Å². The molecule has 1 unspecified atom stereocenters. The van der Waals surface area contributed by atoms with Crippen molar-refractivity contribution in [2.45, 2.75) is 12.5 Å². The van der Waals surface area contributed by atoms with Crippen molar-refractivity contribution in [3.05, 3.63) is 18.0 Å². The van der Waals surface area contributed by atoms with E-state index >= 15 is 0 Å². The van der Waals surface area contributed by atoms with Crippen molar-refractivity contribution in [3.63, 3.8) is 0 Å². The molecule has 7 nitrogen and oxygen atoms in total. The van der Waals surface area contributed by atoms with Gasteiger partial charge in [0.05, 0.1) is 18.0 Å². The molecule has 1 aliphatic rings. The van der Waals surface area contributed by atoms with E-state index in [0.717, 1.165) is 6.42 Å². The molecule has 0 radical (unpaired) electrons. The summed E-state index contributed by atoms with van der Waals surface area (Å²) in [6, 6.07) is 1.96. The maximum Gasteiger partial charge on any atom is 0.407 e. The maximum atomic E-state index is 10.7. The van der Waals surface area contributed by atoms with Crippen molar-refractivity contribution in [3.8, 4) is 6.07 Å². The van der Waals surface area contributed by atoms with Gasteiger partial charge in [0.15, 0.2) is 0 Å². The second kappa shape index (κ2) is 4.65. The normalized spacial score (nSPS) is 18.8. The van der Waals surface area contributed by atoms with Crippen LogP contribution >= 0.6 is 0 Å². The van der Waals surface area contributed by atoms with Gasteiger partial charge in [-0.05, 0) is 6.42 Å². The number of hydrogen-bond acceptors (Lipinski definition) is 5. The minimum Gasteiger partial charge on any atom is -0.465 e. The molecular weight excluding hydrogens is 222 g/mol. The summed E-state index contributed by atoms with van der Waals surface area (Å²) in [5, 5.41) is 20.4. The molecule has 1 fully saturated rings. The molecule has 0 aliphatic carbocycles. The van der Waals surface area contributed by atoms with Crippen LogP contribution < -0.4 is 5.32 Å². The number of nitrogens with zero attached hydrogens (tertiary/aromatic N) is 4. The number of rotatable bonds is 2. The van der Waals surface area contributed by atoms with Crippen LogP contribution in [0.2, 0.25) is 0 Å². The zero-order chi connectivity index (χ0) is 12.3. The molecule has 1 aliphatic heterocycles. The molecule has 2 rings (SSSR count). The molecule has 1 amide bonds. The number of anilines is 1. The summed E-state index contributed by atoms with van der Waals surface area (Å²) in [5.74, 6) is 0.418. The van der Waals surface area contributed by atoms with E-state index in [1.54, 1.807) is 0 Å². The standard InChI is InChI=1S/C10H11N5O2/c11-3-7-4-12-9(13-5-7)14-8-1-2-15(6-8)10(16)17/h4-5,8H,1-2,6H2,(H,16,17)(H,12,13,14). The number of carbonyl (C=O) groups is 1. The van der Waals surface area contributed by atoms with Crippen LogP contribution in [0.25, 0.3) is 0 Å². The van der Waals surface area contributed by atoms with Gasteiger partial charge in [-0.3, -0.25) is 0 Å². The van der Waals surface area contributed by atoms with Crippen molar-refractivity contribution in [2.24, 2.45) is 0 Å². The minimum absolute atomic E-state index is 0.0269. The van der Waals surface area contributed by atoms with Gasteiger partial charge in [0, 0.05) is 19.1 Å². The van der Waals surface area contributed by atoms with Crippen molar-refractivity contribution >= 4 is 12.0 Å². The monoisotopic (exact) mass is 233 g/mol. The van der Waals surface area contributed by atoms with Gasteiger partial charge < -0.3 is 15.3 Å². The molecule has 2 heterocycles. The molecule has 0 bridgehead atoms. The molecule has 88 valence electrons. The topological polar surface area (TPSA) is 102 Å². The van der Waals surface area contributed by atoms with Crippen molar-refractivity contribution in [1.29, 1.82) is 5.26 Å². The molecular formula is C10H11N5O2. The highest BCUT2D eigenvalue weighted by Gasteiger charge is 2.26. The summed E-state index contributed by atoms with van der Waals surface area (Å²) in [5.41, 5.74) is 0.397. The largest absolute Gasteiger partial charge is 0.465 e. The molecule has 0 aromatic carbocycles. The predicted molar refractivity (Wildman–Crippen MR) is 58.4 cm³/mol. The van der Waals surface area contributed by atoms with Gasteiger partial charge in [-0.1, -0.05) is 0 Å². The molecule has 2 N–H and O–H groups in total. The number of amides is 1. The van der Waals surface area contributed by atoms with E-state index in [-0.39, 0.29) is 6.04 Å². The Morgan fingerprint density at radius 1 is 1.59 bits per heavy atom. The van der Waals surface area contributed by atoms with Crippen LogP contribution in [-0.4, -0.2) is 45.2 Å². The summed E-state index contributed by atoms with van der Waals surface area (Å²) in [7, 11) is 0. The molecule has 1 aromatic heterocycles.